The molecule has 0 aliphatic rings. The van der Waals surface area contributed by atoms with E-state index >= 15 is 0 Å². The molecule has 1 aromatic rings. The predicted octanol–water partition coefficient (Wildman–Crippen LogP) is -0.529. The van der Waals surface area contributed by atoms with Crippen LogP contribution in [0.15, 0.2) is 18.2 Å². The number of aliphatic hydroxyl groups excluding tert-OH is 1. The van der Waals surface area contributed by atoms with Crippen LogP contribution in [0.4, 0.5) is 0 Å². The molecule has 0 saturated carbocycles. The van der Waals surface area contributed by atoms with E-state index in [0.717, 1.165) is 5.56 Å². The Morgan fingerprint density at radius 1 is 1.05 bits per heavy atom. The lowest BCUT2D eigenvalue weighted by molar-refractivity contribution is -0.139. The standard InChI is InChI=1S/C14H20N2O5/c1-20-11-4-3-10(9-12(11)21-2)5-6-15-13(18)14(19)16-7-8-17/h3-4,9,17H,5-8H2,1-2H3,(H,15,18)(H,16,19). The summed E-state index contributed by atoms with van der Waals surface area (Å²) in [4.78, 5) is 22.7. The van der Waals surface area contributed by atoms with Gasteiger partial charge in [-0.05, 0) is 24.1 Å². The first-order valence-electron chi connectivity index (χ1n) is 6.50. The second kappa shape index (κ2) is 8.80. The summed E-state index contributed by atoms with van der Waals surface area (Å²) in [5.41, 5.74) is 0.948. The van der Waals surface area contributed by atoms with Crippen LogP contribution in [-0.2, 0) is 16.0 Å². The highest BCUT2D eigenvalue weighted by molar-refractivity contribution is 6.35. The molecule has 0 spiro atoms. The quantitative estimate of drug-likeness (QED) is 0.588. The molecule has 0 radical (unpaired) electrons. The lowest BCUT2D eigenvalue weighted by Crippen LogP contribution is -2.41. The Balaban J connectivity index is 2.45. The number of hydrogen-bond acceptors (Lipinski definition) is 5. The fourth-order valence-corrected chi connectivity index (χ4v) is 1.69. The van der Waals surface area contributed by atoms with Crippen molar-refractivity contribution in [1.29, 1.82) is 0 Å². The van der Waals surface area contributed by atoms with Crippen molar-refractivity contribution in [2.45, 2.75) is 6.42 Å². The molecule has 7 heteroatoms. The van der Waals surface area contributed by atoms with Crippen molar-refractivity contribution in [3.8, 4) is 11.5 Å². The molecule has 0 fully saturated rings. The Morgan fingerprint density at radius 3 is 2.24 bits per heavy atom. The van der Waals surface area contributed by atoms with E-state index in [0.29, 0.717) is 24.5 Å². The van der Waals surface area contributed by atoms with Crippen LogP contribution < -0.4 is 20.1 Å². The number of hydrogen-bond donors (Lipinski definition) is 3. The number of carbonyl (C=O) groups excluding carboxylic acids is 2. The lowest BCUT2D eigenvalue weighted by Gasteiger charge is -2.10. The molecule has 2 amide bonds. The zero-order valence-corrected chi connectivity index (χ0v) is 12.1. The summed E-state index contributed by atoms with van der Waals surface area (Å²) in [7, 11) is 3.11. The summed E-state index contributed by atoms with van der Waals surface area (Å²) in [6.07, 6.45) is 0.555. The maximum atomic E-state index is 11.4. The fraction of sp³-hybridized carbons (Fsp3) is 0.429. The van der Waals surface area contributed by atoms with Gasteiger partial charge < -0.3 is 25.2 Å². The van der Waals surface area contributed by atoms with Crippen molar-refractivity contribution >= 4 is 11.8 Å². The first-order chi connectivity index (χ1) is 10.1. The summed E-state index contributed by atoms with van der Waals surface area (Å²) in [5.74, 6) is -0.226. The monoisotopic (exact) mass is 296 g/mol. The van der Waals surface area contributed by atoms with Crippen molar-refractivity contribution in [3.05, 3.63) is 23.8 Å². The van der Waals surface area contributed by atoms with Crippen molar-refractivity contribution in [3.63, 3.8) is 0 Å². The van der Waals surface area contributed by atoms with Gasteiger partial charge in [-0.3, -0.25) is 9.59 Å². The molecule has 1 aromatic carbocycles. The third-order valence-corrected chi connectivity index (χ3v) is 2.75. The number of rotatable bonds is 7. The maximum Gasteiger partial charge on any atom is 0.309 e. The summed E-state index contributed by atoms with van der Waals surface area (Å²) >= 11 is 0. The van der Waals surface area contributed by atoms with E-state index in [2.05, 4.69) is 10.6 Å². The third kappa shape index (κ3) is 5.31. The first-order valence-corrected chi connectivity index (χ1v) is 6.50. The molecule has 0 saturated heterocycles. The van der Waals surface area contributed by atoms with Crippen molar-refractivity contribution in [2.75, 3.05) is 33.9 Å². The number of nitrogens with one attached hydrogen (secondary N) is 2. The molecule has 0 aromatic heterocycles. The zero-order chi connectivity index (χ0) is 15.7. The molecule has 21 heavy (non-hydrogen) atoms. The van der Waals surface area contributed by atoms with E-state index < -0.39 is 11.8 Å². The van der Waals surface area contributed by atoms with Crippen molar-refractivity contribution in [1.82, 2.24) is 10.6 Å². The Hall–Kier alpha value is -2.28. The smallest absolute Gasteiger partial charge is 0.309 e. The summed E-state index contributed by atoms with van der Waals surface area (Å²) < 4.78 is 10.3. The minimum Gasteiger partial charge on any atom is -0.493 e. The van der Waals surface area contributed by atoms with Crippen LogP contribution in [0, 0.1) is 0 Å². The molecule has 0 heterocycles. The summed E-state index contributed by atoms with van der Waals surface area (Å²) in [5, 5.41) is 13.3. The zero-order valence-electron chi connectivity index (χ0n) is 12.1. The SMILES string of the molecule is COc1ccc(CCNC(=O)C(=O)NCCO)cc1OC. The van der Waals surface area contributed by atoms with E-state index in [-0.39, 0.29) is 13.2 Å². The van der Waals surface area contributed by atoms with Gasteiger partial charge in [0, 0.05) is 13.1 Å². The van der Waals surface area contributed by atoms with Gasteiger partial charge in [-0.2, -0.15) is 0 Å². The van der Waals surface area contributed by atoms with Crippen LogP contribution in [0.2, 0.25) is 0 Å². The van der Waals surface area contributed by atoms with Gasteiger partial charge in [0.1, 0.15) is 0 Å². The van der Waals surface area contributed by atoms with Crippen molar-refractivity contribution in [2.24, 2.45) is 0 Å². The maximum absolute atomic E-state index is 11.4. The lowest BCUT2D eigenvalue weighted by atomic mass is 10.1. The van der Waals surface area contributed by atoms with Gasteiger partial charge in [-0.1, -0.05) is 6.07 Å². The highest BCUT2D eigenvalue weighted by Gasteiger charge is 2.11. The molecule has 0 bridgehead atoms. The van der Waals surface area contributed by atoms with E-state index in [1.165, 1.54) is 0 Å². The molecule has 3 N–H and O–H groups in total. The van der Waals surface area contributed by atoms with Crippen LogP contribution in [0.5, 0.6) is 11.5 Å². The van der Waals surface area contributed by atoms with Gasteiger partial charge in [0.25, 0.3) is 0 Å². The highest BCUT2D eigenvalue weighted by atomic mass is 16.5. The molecule has 116 valence electrons. The average Bonchev–Trinajstić information content (AvgIpc) is 2.52. The van der Waals surface area contributed by atoms with Crippen molar-refractivity contribution < 1.29 is 24.2 Å². The largest absolute Gasteiger partial charge is 0.493 e. The molecule has 7 nitrogen and oxygen atoms in total. The minimum absolute atomic E-state index is 0.0575. The number of methoxy groups -OCH3 is 2. The normalized spacial score (nSPS) is 9.86. The van der Waals surface area contributed by atoms with Gasteiger partial charge in [0.2, 0.25) is 0 Å². The van der Waals surface area contributed by atoms with Crippen LogP contribution >= 0.6 is 0 Å². The van der Waals surface area contributed by atoms with E-state index in [4.69, 9.17) is 14.6 Å². The molecule has 0 unspecified atom stereocenters. The molecule has 1 rings (SSSR count). The Labute approximate surface area is 123 Å². The fourth-order valence-electron chi connectivity index (χ4n) is 1.69. The number of amides is 2. The van der Waals surface area contributed by atoms with E-state index in [9.17, 15) is 9.59 Å². The molecular weight excluding hydrogens is 276 g/mol. The Morgan fingerprint density at radius 2 is 1.67 bits per heavy atom. The molecule has 0 aliphatic heterocycles. The number of benzene rings is 1. The molecular formula is C14H20N2O5. The summed E-state index contributed by atoms with van der Waals surface area (Å²) in [6, 6.07) is 5.46. The third-order valence-electron chi connectivity index (χ3n) is 2.75. The van der Waals surface area contributed by atoms with E-state index in [1.807, 2.05) is 12.1 Å². The van der Waals surface area contributed by atoms with Crippen LogP contribution in [0.25, 0.3) is 0 Å². The summed E-state index contributed by atoms with van der Waals surface area (Å²) in [6.45, 7) is 0.174. The van der Waals surface area contributed by atoms with E-state index in [1.54, 1.807) is 20.3 Å². The number of ether oxygens (including phenoxy) is 2. The molecule has 0 atom stereocenters. The average molecular weight is 296 g/mol. The molecule has 0 aliphatic carbocycles. The van der Waals surface area contributed by atoms with Gasteiger partial charge in [0.05, 0.1) is 20.8 Å². The van der Waals surface area contributed by atoms with Gasteiger partial charge in [-0.25, -0.2) is 0 Å². The predicted molar refractivity (Wildman–Crippen MR) is 76.4 cm³/mol. The second-order valence-corrected chi connectivity index (χ2v) is 4.17. The first kappa shape index (κ1) is 16.8. The number of carbonyl (C=O) groups is 2. The van der Waals surface area contributed by atoms with Crippen LogP contribution in [0.3, 0.4) is 0 Å². The Kier molecular flexibility index (Phi) is 7.03. The van der Waals surface area contributed by atoms with Crippen LogP contribution in [0.1, 0.15) is 5.56 Å². The van der Waals surface area contributed by atoms with Gasteiger partial charge in [0.15, 0.2) is 11.5 Å². The topological polar surface area (TPSA) is 96.9 Å². The second-order valence-electron chi connectivity index (χ2n) is 4.17. The minimum atomic E-state index is -0.753. The van der Waals surface area contributed by atoms with Gasteiger partial charge >= 0.3 is 11.8 Å². The van der Waals surface area contributed by atoms with Gasteiger partial charge in [-0.15, -0.1) is 0 Å². The van der Waals surface area contributed by atoms with Crippen LogP contribution in [-0.4, -0.2) is 50.8 Å². The Bertz CT molecular complexity index is 490. The highest BCUT2D eigenvalue weighted by Crippen LogP contribution is 2.27. The number of aliphatic hydroxyl groups is 1.